The molecule has 0 spiro atoms. The Morgan fingerprint density at radius 2 is 1.74 bits per heavy atom. The highest BCUT2D eigenvalue weighted by molar-refractivity contribution is 7.55. The molecule has 0 radical (unpaired) electrons. The lowest BCUT2D eigenvalue weighted by Gasteiger charge is -2.16. The van der Waals surface area contributed by atoms with Crippen LogP contribution in [-0.2, 0) is 4.74 Å². The van der Waals surface area contributed by atoms with Crippen LogP contribution in [0.2, 0.25) is 0 Å². The minimum absolute atomic E-state index is 0.0199. The van der Waals surface area contributed by atoms with Gasteiger partial charge in [-0.05, 0) is 18.2 Å². The van der Waals surface area contributed by atoms with Gasteiger partial charge in [0.2, 0.25) is 0 Å². The Labute approximate surface area is 135 Å². The molecule has 1 unspecified atom stereocenters. The third kappa shape index (κ3) is 4.30. The second-order valence-electron chi connectivity index (χ2n) is 4.51. The number of hydrogen-bond donors (Lipinski definition) is 0. The quantitative estimate of drug-likeness (QED) is 0.573. The lowest BCUT2D eigenvalue weighted by molar-refractivity contribution is 0.0499. The van der Waals surface area contributed by atoms with E-state index >= 15 is 0 Å². The van der Waals surface area contributed by atoms with Crippen molar-refractivity contribution in [2.75, 3.05) is 28.1 Å². The molecule has 0 aromatic heterocycles. The van der Waals surface area contributed by atoms with Gasteiger partial charge in [0.05, 0.1) is 14.2 Å². The van der Waals surface area contributed by atoms with E-state index in [0.29, 0.717) is 27.9 Å². The second-order valence-corrected chi connectivity index (χ2v) is 5.83. The van der Waals surface area contributed by atoms with E-state index < -0.39 is 11.6 Å². The molecule has 0 saturated heterocycles. The van der Waals surface area contributed by atoms with Crippen LogP contribution in [0.25, 0.3) is 0 Å². The van der Waals surface area contributed by atoms with Crippen molar-refractivity contribution in [1.29, 1.82) is 0 Å². The fraction of sp³-hybridized carbons (Fsp3) is 0.250. The van der Waals surface area contributed by atoms with Gasteiger partial charge in [-0.15, -0.1) is 0 Å². The minimum Gasteiger partial charge on any atom is -0.497 e. The normalized spacial score (nSPS) is 11.0. The summed E-state index contributed by atoms with van der Waals surface area (Å²) >= 11 is 0. The lowest BCUT2D eigenvalue weighted by Crippen LogP contribution is -2.14. The Kier molecular flexibility index (Phi) is 6.13. The molecule has 7 heteroatoms. The monoisotopic (exact) mass is 342 g/mol. The standard InChI is InChI=1S/C16H17F2O4P/c1-19-9-22-16-13(21-3)7-11(20-2)8-15(16)23-14-5-4-10(17)6-12(14)18/h4-8,23H,9H2,1-3H3. The molecule has 0 N–H and O–H groups in total. The fourth-order valence-corrected chi connectivity index (χ4v) is 3.11. The zero-order valence-corrected chi connectivity index (χ0v) is 14.0. The predicted molar refractivity (Wildman–Crippen MR) is 86.0 cm³/mol. The molecule has 0 aliphatic rings. The molecule has 2 aromatic carbocycles. The molecule has 0 heterocycles. The second kappa shape index (κ2) is 8.09. The zero-order valence-electron chi connectivity index (χ0n) is 13.0. The highest BCUT2D eigenvalue weighted by Gasteiger charge is 2.16. The van der Waals surface area contributed by atoms with Crippen molar-refractivity contribution in [2.45, 2.75) is 0 Å². The van der Waals surface area contributed by atoms with Gasteiger partial charge in [0.1, 0.15) is 17.4 Å². The first-order valence-corrected chi connectivity index (χ1v) is 7.69. The van der Waals surface area contributed by atoms with Crippen LogP contribution in [0, 0.1) is 11.6 Å². The van der Waals surface area contributed by atoms with Gasteiger partial charge in [-0.3, -0.25) is 0 Å². The van der Waals surface area contributed by atoms with Gasteiger partial charge >= 0.3 is 0 Å². The highest BCUT2D eigenvalue weighted by Crippen LogP contribution is 2.34. The van der Waals surface area contributed by atoms with Gasteiger partial charge < -0.3 is 18.9 Å². The van der Waals surface area contributed by atoms with Crippen LogP contribution in [0.3, 0.4) is 0 Å². The number of ether oxygens (including phenoxy) is 4. The van der Waals surface area contributed by atoms with E-state index in [4.69, 9.17) is 18.9 Å². The van der Waals surface area contributed by atoms with Crippen LogP contribution in [0.15, 0.2) is 30.3 Å². The summed E-state index contributed by atoms with van der Waals surface area (Å²) in [5.41, 5.74) is 0. The van der Waals surface area contributed by atoms with Crippen LogP contribution in [0.4, 0.5) is 8.78 Å². The molecule has 1 atom stereocenters. The lowest BCUT2D eigenvalue weighted by atomic mass is 10.3. The molecule has 0 saturated carbocycles. The van der Waals surface area contributed by atoms with Gasteiger partial charge in [-0.1, -0.05) is 8.58 Å². The summed E-state index contributed by atoms with van der Waals surface area (Å²) < 4.78 is 48.0. The first-order valence-electron chi connectivity index (χ1n) is 6.69. The number of halogens is 2. The summed E-state index contributed by atoms with van der Waals surface area (Å²) in [6.07, 6.45) is 0. The summed E-state index contributed by atoms with van der Waals surface area (Å²) in [6.45, 7) is 0.0199. The number of benzene rings is 2. The Morgan fingerprint density at radius 3 is 2.35 bits per heavy atom. The summed E-state index contributed by atoms with van der Waals surface area (Å²) in [7, 11) is 4.42. The van der Waals surface area contributed by atoms with Crippen molar-refractivity contribution in [2.24, 2.45) is 0 Å². The van der Waals surface area contributed by atoms with E-state index in [1.807, 2.05) is 0 Å². The van der Waals surface area contributed by atoms with E-state index in [9.17, 15) is 8.78 Å². The molecule has 124 valence electrons. The van der Waals surface area contributed by atoms with Crippen molar-refractivity contribution in [3.63, 3.8) is 0 Å². The maximum Gasteiger partial charge on any atom is 0.188 e. The van der Waals surface area contributed by atoms with E-state index in [0.717, 1.165) is 6.07 Å². The van der Waals surface area contributed by atoms with Gasteiger partial charge in [0, 0.05) is 29.9 Å². The van der Waals surface area contributed by atoms with Gasteiger partial charge in [-0.25, -0.2) is 8.78 Å². The van der Waals surface area contributed by atoms with Gasteiger partial charge in [-0.2, -0.15) is 0 Å². The largest absolute Gasteiger partial charge is 0.497 e. The van der Waals surface area contributed by atoms with Crippen molar-refractivity contribution in [3.8, 4) is 17.2 Å². The molecular formula is C16H17F2O4P. The first-order chi connectivity index (χ1) is 11.1. The third-order valence-electron chi connectivity index (χ3n) is 3.01. The Balaban J connectivity index is 2.44. The molecule has 2 aromatic rings. The molecule has 0 aliphatic heterocycles. The van der Waals surface area contributed by atoms with Crippen LogP contribution < -0.4 is 24.8 Å². The number of methoxy groups -OCH3 is 3. The van der Waals surface area contributed by atoms with E-state index in [2.05, 4.69) is 0 Å². The summed E-state index contributed by atoms with van der Waals surface area (Å²) in [4.78, 5) is 0. The van der Waals surface area contributed by atoms with Crippen LogP contribution in [0.5, 0.6) is 17.2 Å². The molecule has 0 bridgehead atoms. The summed E-state index contributed by atoms with van der Waals surface area (Å²) in [5, 5.41) is 1.03. The van der Waals surface area contributed by atoms with Crippen molar-refractivity contribution < 1.29 is 27.7 Å². The smallest absolute Gasteiger partial charge is 0.188 e. The summed E-state index contributed by atoms with van der Waals surface area (Å²) in [6, 6.07) is 6.89. The maximum atomic E-state index is 13.9. The Morgan fingerprint density at radius 1 is 0.957 bits per heavy atom. The van der Waals surface area contributed by atoms with Gasteiger partial charge in [0.25, 0.3) is 0 Å². The highest BCUT2D eigenvalue weighted by atomic mass is 31.1. The van der Waals surface area contributed by atoms with E-state index in [1.165, 1.54) is 33.5 Å². The average Bonchev–Trinajstić information content (AvgIpc) is 2.55. The van der Waals surface area contributed by atoms with Crippen LogP contribution in [-0.4, -0.2) is 28.1 Å². The van der Waals surface area contributed by atoms with E-state index in [-0.39, 0.29) is 15.4 Å². The molecule has 0 aliphatic carbocycles. The maximum absolute atomic E-state index is 13.9. The zero-order chi connectivity index (χ0) is 16.8. The van der Waals surface area contributed by atoms with Crippen molar-refractivity contribution in [1.82, 2.24) is 0 Å². The summed E-state index contributed by atoms with van der Waals surface area (Å²) in [5.74, 6) is 0.221. The average molecular weight is 342 g/mol. The van der Waals surface area contributed by atoms with Crippen LogP contribution >= 0.6 is 8.58 Å². The third-order valence-corrected chi connectivity index (χ3v) is 4.32. The van der Waals surface area contributed by atoms with Gasteiger partial charge in [0.15, 0.2) is 18.3 Å². The SMILES string of the molecule is COCOc1c(OC)cc(OC)cc1Pc1ccc(F)cc1F. The Bertz CT molecular complexity index is 679. The minimum atomic E-state index is -0.616. The molecular weight excluding hydrogens is 325 g/mol. The molecule has 23 heavy (non-hydrogen) atoms. The molecule has 4 nitrogen and oxygen atoms in total. The topological polar surface area (TPSA) is 36.9 Å². The van der Waals surface area contributed by atoms with Crippen LogP contribution in [0.1, 0.15) is 0 Å². The molecule has 0 fully saturated rings. The van der Waals surface area contributed by atoms with E-state index in [1.54, 1.807) is 12.1 Å². The molecule has 0 amide bonds. The van der Waals surface area contributed by atoms with Crippen molar-refractivity contribution >= 4 is 19.2 Å². The Hall–Kier alpha value is -1.91. The first kappa shape index (κ1) is 17.4. The number of hydrogen-bond acceptors (Lipinski definition) is 4. The number of rotatable bonds is 7. The molecule has 2 rings (SSSR count). The fourth-order valence-electron chi connectivity index (χ4n) is 1.94. The predicted octanol–water partition coefficient (Wildman–Crippen LogP) is 2.59. The van der Waals surface area contributed by atoms with Crippen molar-refractivity contribution in [3.05, 3.63) is 42.0 Å².